The third-order valence-electron chi connectivity index (χ3n) is 9.90. The second-order valence-electron chi connectivity index (χ2n) is 13.4. The van der Waals surface area contributed by atoms with Gasteiger partial charge in [-0.05, 0) is 69.7 Å². The maximum absolute atomic E-state index is 14.3. The number of alkyl carbamates (subject to hydrolysis) is 1. The molecule has 0 bridgehead atoms. The lowest BCUT2D eigenvalue weighted by molar-refractivity contribution is -0.145. The number of nitrogens with zero attached hydrogens (tertiary/aromatic N) is 4. The molecule has 0 unspecified atom stereocenters. The SMILES string of the molecule is Cc1cc(-c2nc(O[C@@H]3C[C@H]4C(=O)N[C@]5(C(=O)O)C[C@@H]5/C=C\CCCCC[C@H](NC(=O)OC5CCCC5)C(=O)N4C3)c3sccc3n2)no1. The minimum absolute atomic E-state index is 0.0193. The number of aliphatic carboxylic acids is 1. The molecule has 2 aliphatic heterocycles. The summed E-state index contributed by atoms with van der Waals surface area (Å²) in [5, 5.41) is 21.7. The Hall–Kier alpha value is -4.53. The number of carboxylic acids is 1. The van der Waals surface area contributed by atoms with Crippen LogP contribution in [0.2, 0.25) is 0 Å². The fraction of sp³-hybridized carbons (Fsp3) is 0.559. The first kappa shape index (κ1) is 33.0. The third kappa shape index (κ3) is 6.98. The summed E-state index contributed by atoms with van der Waals surface area (Å²) in [6, 6.07) is 1.58. The van der Waals surface area contributed by atoms with E-state index in [9.17, 15) is 24.3 Å². The molecule has 2 aliphatic carbocycles. The predicted octanol–water partition coefficient (Wildman–Crippen LogP) is 4.52. The molecule has 3 fully saturated rings. The highest BCUT2D eigenvalue weighted by Gasteiger charge is 2.61. The second-order valence-corrected chi connectivity index (χ2v) is 14.4. The molecule has 0 radical (unpaired) electrons. The van der Waals surface area contributed by atoms with Gasteiger partial charge in [-0.15, -0.1) is 11.3 Å². The Bertz CT molecular complexity index is 1770. The Morgan fingerprint density at radius 2 is 1.94 bits per heavy atom. The van der Waals surface area contributed by atoms with Crippen LogP contribution in [0, 0.1) is 12.8 Å². The van der Waals surface area contributed by atoms with Crippen molar-refractivity contribution in [2.45, 2.75) is 107 Å². The highest BCUT2D eigenvalue weighted by atomic mass is 32.1. The number of carbonyl (C=O) groups is 4. The van der Waals surface area contributed by atoms with E-state index in [4.69, 9.17) is 14.0 Å². The van der Waals surface area contributed by atoms with Crippen molar-refractivity contribution in [2.24, 2.45) is 5.92 Å². The lowest BCUT2D eigenvalue weighted by Gasteiger charge is -2.29. The fourth-order valence-corrected chi connectivity index (χ4v) is 7.90. The molecule has 49 heavy (non-hydrogen) atoms. The molecule has 15 heteroatoms. The van der Waals surface area contributed by atoms with Crippen molar-refractivity contribution in [3.63, 3.8) is 0 Å². The Labute approximate surface area is 286 Å². The van der Waals surface area contributed by atoms with Crippen LogP contribution in [0.5, 0.6) is 5.88 Å². The average Bonchev–Trinajstić information content (AvgIpc) is 3.68. The largest absolute Gasteiger partial charge is 0.479 e. The molecule has 3 amide bonds. The molecule has 5 heterocycles. The lowest BCUT2D eigenvalue weighted by atomic mass is 10.0. The van der Waals surface area contributed by atoms with E-state index < -0.39 is 47.6 Å². The van der Waals surface area contributed by atoms with Gasteiger partial charge in [-0.3, -0.25) is 9.59 Å². The number of ether oxygens (including phenoxy) is 2. The molecular formula is C34H40N6O8S. The zero-order valence-electron chi connectivity index (χ0n) is 27.3. The quantitative estimate of drug-likeness (QED) is 0.309. The number of aromatic nitrogens is 3. The summed E-state index contributed by atoms with van der Waals surface area (Å²) in [5.74, 6) is -1.30. The Morgan fingerprint density at radius 3 is 2.71 bits per heavy atom. The first-order valence-electron chi connectivity index (χ1n) is 17.1. The smallest absolute Gasteiger partial charge is 0.408 e. The van der Waals surface area contributed by atoms with Gasteiger partial charge in [-0.1, -0.05) is 30.2 Å². The molecule has 0 spiro atoms. The number of carboxylic acid groups (broad SMARTS) is 1. The van der Waals surface area contributed by atoms with Crippen molar-refractivity contribution in [2.75, 3.05) is 6.54 Å². The van der Waals surface area contributed by atoms with Crippen LogP contribution >= 0.6 is 11.3 Å². The van der Waals surface area contributed by atoms with Gasteiger partial charge in [0, 0.05) is 18.4 Å². The molecule has 3 N–H and O–H groups in total. The number of aryl methyl sites for hydroxylation is 1. The van der Waals surface area contributed by atoms with E-state index in [1.54, 1.807) is 13.0 Å². The van der Waals surface area contributed by atoms with Gasteiger partial charge in [0.05, 0.1) is 12.1 Å². The predicted molar refractivity (Wildman–Crippen MR) is 177 cm³/mol. The van der Waals surface area contributed by atoms with Crippen LogP contribution in [0.4, 0.5) is 4.79 Å². The van der Waals surface area contributed by atoms with Crippen LogP contribution in [0.15, 0.2) is 34.2 Å². The maximum atomic E-state index is 14.3. The number of thiophene rings is 1. The van der Waals surface area contributed by atoms with Gasteiger partial charge in [0.2, 0.25) is 17.7 Å². The number of amides is 3. The molecule has 14 nitrogen and oxygen atoms in total. The molecule has 3 aromatic rings. The number of hydrogen-bond donors (Lipinski definition) is 3. The van der Waals surface area contributed by atoms with E-state index >= 15 is 0 Å². The highest BCUT2D eigenvalue weighted by molar-refractivity contribution is 7.17. The molecule has 2 saturated carbocycles. The summed E-state index contributed by atoms with van der Waals surface area (Å²) >= 11 is 1.40. The van der Waals surface area contributed by atoms with E-state index in [-0.39, 0.29) is 37.3 Å². The number of nitrogens with one attached hydrogen (secondary N) is 2. The first-order chi connectivity index (χ1) is 23.7. The minimum atomic E-state index is -1.44. The summed E-state index contributed by atoms with van der Waals surface area (Å²) in [5.41, 5.74) is -0.354. The molecule has 0 aromatic carbocycles. The average molecular weight is 693 g/mol. The van der Waals surface area contributed by atoms with Crippen LogP contribution < -0.4 is 15.4 Å². The molecule has 3 aromatic heterocycles. The molecule has 5 atom stereocenters. The van der Waals surface area contributed by atoms with Crippen LogP contribution in [0.1, 0.15) is 76.4 Å². The molecule has 7 rings (SSSR count). The van der Waals surface area contributed by atoms with Crippen LogP contribution in [-0.2, 0) is 19.1 Å². The van der Waals surface area contributed by atoms with Crippen molar-refractivity contribution in [1.29, 1.82) is 0 Å². The molecular weight excluding hydrogens is 652 g/mol. The summed E-state index contributed by atoms with van der Waals surface area (Å²) in [6.45, 7) is 1.79. The number of rotatable bonds is 6. The van der Waals surface area contributed by atoms with Gasteiger partial charge in [0.15, 0.2) is 11.5 Å². The van der Waals surface area contributed by atoms with Gasteiger partial charge in [-0.25, -0.2) is 14.6 Å². The minimum Gasteiger partial charge on any atom is -0.479 e. The van der Waals surface area contributed by atoms with Crippen LogP contribution in [-0.4, -0.2) is 85.4 Å². The molecule has 1 saturated heterocycles. The van der Waals surface area contributed by atoms with Crippen molar-refractivity contribution in [3.8, 4) is 17.4 Å². The fourth-order valence-electron chi connectivity index (χ4n) is 7.14. The van der Waals surface area contributed by atoms with Crippen LogP contribution in [0.3, 0.4) is 0 Å². The van der Waals surface area contributed by atoms with Gasteiger partial charge >= 0.3 is 12.1 Å². The highest BCUT2D eigenvalue weighted by Crippen LogP contribution is 2.45. The van der Waals surface area contributed by atoms with Crippen molar-refractivity contribution >= 4 is 45.4 Å². The standard InChI is InChI=1S/C34H40N6O8S/c1-19-15-25(39-48-19)28-35-23-13-14-49-27(23)30(37-28)46-22-16-26-29(41)38-34(32(43)44)17-20(34)9-5-3-2-4-6-12-24(31(42)40(26)18-22)36-33(45)47-21-10-7-8-11-21/h5,9,13-15,20-22,24,26H,2-4,6-8,10-12,16-18H2,1H3,(H,36,45)(H,38,41)(H,43,44)/b9-5-/t20-,22+,24-,26-,34+/m0/s1. The Kier molecular flexibility index (Phi) is 9.27. The number of allylic oxidation sites excluding steroid dienone is 1. The number of fused-ring (bicyclic) bond motifs is 3. The van der Waals surface area contributed by atoms with E-state index in [1.807, 2.05) is 23.6 Å². The van der Waals surface area contributed by atoms with Crippen LogP contribution in [0.25, 0.3) is 21.7 Å². The van der Waals surface area contributed by atoms with Crippen molar-refractivity contribution in [3.05, 3.63) is 35.4 Å². The number of hydrogen-bond acceptors (Lipinski definition) is 11. The molecule has 260 valence electrons. The Balaban J connectivity index is 1.17. The monoisotopic (exact) mass is 692 g/mol. The Morgan fingerprint density at radius 1 is 1.12 bits per heavy atom. The maximum Gasteiger partial charge on any atom is 0.408 e. The van der Waals surface area contributed by atoms with Crippen molar-refractivity contribution < 1.29 is 38.3 Å². The second kappa shape index (κ2) is 13.8. The normalized spacial score (nSPS) is 28.6. The van der Waals surface area contributed by atoms with E-state index in [0.717, 1.165) is 44.9 Å². The van der Waals surface area contributed by atoms with E-state index in [2.05, 4.69) is 25.8 Å². The van der Waals surface area contributed by atoms with E-state index in [1.165, 1.54) is 16.2 Å². The zero-order valence-corrected chi connectivity index (χ0v) is 28.1. The van der Waals surface area contributed by atoms with Gasteiger partial charge < -0.3 is 34.6 Å². The number of carbonyl (C=O) groups excluding carboxylic acids is 3. The van der Waals surface area contributed by atoms with Gasteiger partial charge in [0.1, 0.15) is 40.3 Å². The van der Waals surface area contributed by atoms with Gasteiger partial charge in [-0.2, -0.15) is 4.98 Å². The van der Waals surface area contributed by atoms with Gasteiger partial charge in [0.25, 0.3) is 0 Å². The lowest BCUT2D eigenvalue weighted by Crippen LogP contribution is -2.56. The molecule has 4 aliphatic rings. The van der Waals surface area contributed by atoms with Crippen molar-refractivity contribution in [1.82, 2.24) is 30.7 Å². The summed E-state index contributed by atoms with van der Waals surface area (Å²) in [7, 11) is 0. The zero-order chi connectivity index (χ0) is 34.1. The third-order valence-corrected chi connectivity index (χ3v) is 10.8. The topological polar surface area (TPSA) is 186 Å². The summed E-state index contributed by atoms with van der Waals surface area (Å²) in [6.07, 6.45) is 9.68. The first-order valence-corrected chi connectivity index (χ1v) is 17.9. The van der Waals surface area contributed by atoms with E-state index in [0.29, 0.717) is 40.3 Å². The summed E-state index contributed by atoms with van der Waals surface area (Å²) < 4.78 is 18.0. The summed E-state index contributed by atoms with van der Waals surface area (Å²) in [4.78, 5) is 64.5.